The average Bonchev–Trinajstić information content (AvgIpc) is 3.35. The fourth-order valence-corrected chi connectivity index (χ4v) is 4.35. The molecule has 1 amide bonds. The van der Waals surface area contributed by atoms with Crippen LogP contribution < -0.4 is 10.9 Å². The summed E-state index contributed by atoms with van der Waals surface area (Å²) in [6.07, 6.45) is 3.75. The van der Waals surface area contributed by atoms with Gasteiger partial charge >= 0.3 is 0 Å². The van der Waals surface area contributed by atoms with Gasteiger partial charge in [-0.2, -0.15) is 5.10 Å². The van der Waals surface area contributed by atoms with Crippen LogP contribution in [-0.4, -0.2) is 30.6 Å². The van der Waals surface area contributed by atoms with Gasteiger partial charge in [-0.3, -0.25) is 9.59 Å². The normalized spacial score (nSPS) is 12.2. The second kappa shape index (κ2) is 8.19. The third kappa shape index (κ3) is 4.02. The maximum absolute atomic E-state index is 12.4. The van der Waals surface area contributed by atoms with Crippen LogP contribution in [0.4, 0.5) is 0 Å². The molecule has 4 rings (SSSR count). The zero-order chi connectivity index (χ0) is 21.3. The Morgan fingerprint density at radius 2 is 2.03 bits per heavy atom. The molecule has 1 unspecified atom stereocenters. The lowest BCUT2D eigenvalue weighted by Gasteiger charge is -2.15. The first-order valence-electron chi connectivity index (χ1n) is 9.65. The molecule has 4 aromatic rings. The van der Waals surface area contributed by atoms with Crippen LogP contribution in [0.3, 0.4) is 0 Å². The number of carbonyl (C=O) groups excluding carboxylic acids is 1. The molecule has 1 aromatic carbocycles. The van der Waals surface area contributed by atoms with Crippen molar-refractivity contribution < 1.29 is 4.79 Å². The van der Waals surface area contributed by atoms with Gasteiger partial charge in [-0.1, -0.05) is 12.1 Å². The van der Waals surface area contributed by atoms with Gasteiger partial charge in [0.15, 0.2) is 0 Å². The van der Waals surface area contributed by atoms with Crippen molar-refractivity contribution in [2.45, 2.75) is 39.7 Å². The number of amides is 1. The standard InChI is InChI=1S/C21H22N6O2S/c1-12-14(3)30-21-19(12)20(29)25-17(26-21)8-9-18(28)24-13(2)15-4-6-16(7-5-15)27-11-22-10-23-27/h4-7,10-11,13H,8-9H2,1-3H3,(H,24,28)(H,25,26,29). The van der Waals surface area contributed by atoms with E-state index in [1.54, 1.807) is 11.0 Å². The number of nitrogens with zero attached hydrogens (tertiary/aromatic N) is 4. The number of hydrogen-bond acceptors (Lipinski definition) is 6. The first kappa shape index (κ1) is 20.0. The summed E-state index contributed by atoms with van der Waals surface area (Å²) in [7, 11) is 0. The van der Waals surface area contributed by atoms with Crippen LogP contribution in [0.15, 0.2) is 41.7 Å². The van der Waals surface area contributed by atoms with Gasteiger partial charge in [0.05, 0.1) is 17.1 Å². The number of thiophene rings is 1. The summed E-state index contributed by atoms with van der Waals surface area (Å²) in [5.74, 6) is 0.442. The predicted molar refractivity (Wildman–Crippen MR) is 116 cm³/mol. The number of aromatic amines is 1. The van der Waals surface area contributed by atoms with E-state index in [4.69, 9.17) is 0 Å². The van der Waals surface area contributed by atoms with Gasteiger partial charge in [-0.25, -0.2) is 14.6 Å². The fraction of sp³-hybridized carbons (Fsp3) is 0.286. The first-order valence-corrected chi connectivity index (χ1v) is 10.5. The molecule has 9 heteroatoms. The molecular formula is C21H22N6O2S. The highest BCUT2D eigenvalue weighted by atomic mass is 32.1. The Balaban J connectivity index is 1.37. The van der Waals surface area contributed by atoms with E-state index >= 15 is 0 Å². The summed E-state index contributed by atoms with van der Waals surface area (Å²) in [6.45, 7) is 5.85. The van der Waals surface area contributed by atoms with Crippen LogP contribution in [0.1, 0.15) is 41.2 Å². The maximum atomic E-state index is 12.4. The Hall–Kier alpha value is -3.33. The molecule has 0 aliphatic rings. The van der Waals surface area contributed by atoms with Gasteiger partial charge < -0.3 is 10.3 Å². The first-order chi connectivity index (χ1) is 14.4. The third-order valence-corrected chi connectivity index (χ3v) is 6.23. The molecule has 1 atom stereocenters. The lowest BCUT2D eigenvalue weighted by Crippen LogP contribution is -2.27. The number of nitrogens with one attached hydrogen (secondary N) is 2. The number of rotatable bonds is 6. The van der Waals surface area contributed by atoms with Gasteiger partial charge in [0, 0.05) is 17.7 Å². The summed E-state index contributed by atoms with van der Waals surface area (Å²) in [5, 5.41) is 7.74. The lowest BCUT2D eigenvalue weighted by molar-refractivity contribution is -0.121. The van der Waals surface area contributed by atoms with Crippen molar-refractivity contribution in [1.82, 2.24) is 30.0 Å². The number of carbonyl (C=O) groups is 1. The number of benzene rings is 1. The molecular weight excluding hydrogens is 400 g/mol. The molecule has 3 aromatic heterocycles. The highest BCUT2D eigenvalue weighted by Gasteiger charge is 2.14. The molecule has 0 aliphatic heterocycles. The van der Waals surface area contributed by atoms with Crippen molar-refractivity contribution in [3.05, 3.63) is 69.1 Å². The molecule has 0 saturated heterocycles. The van der Waals surface area contributed by atoms with Crippen molar-refractivity contribution in [2.24, 2.45) is 0 Å². The van der Waals surface area contributed by atoms with E-state index < -0.39 is 0 Å². The minimum Gasteiger partial charge on any atom is -0.350 e. The van der Waals surface area contributed by atoms with Gasteiger partial charge in [-0.05, 0) is 44.0 Å². The highest BCUT2D eigenvalue weighted by molar-refractivity contribution is 7.18. The summed E-state index contributed by atoms with van der Waals surface area (Å²) in [4.78, 5) is 37.9. The second-order valence-electron chi connectivity index (χ2n) is 7.20. The zero-order valence-corrected chi connectivity index (χ0v) is 17.8. The molecule has 0 radical (unpaired) electrons. The number of aromatic nitrogens is 5. The highest BCUT2D eigenvalue weighted by Crippen LogP contribution is 2.25. The summed E-state index contributed by atoms with van der Waals surface area (Å²) >= 11 is 1.51. The average molecular weight is 423 g/mol. The maximum Gasteiger partial charge on any atom is 0.259 e. The minimum absolute atomic E-state index is 0.0934. The monoisotopic (exact) mass is 422 g/mol. The number of hydrogen-bond donors (Lipinski definition) is 2. The molecule has 0 spiro atoms. The topological polar surface area (TPSA) is 106 Å². The van der Waals surface area contributed by atoms with E-state index in [2.05, 4.69) is 25.4 Å². The summed E-state index contributed by atoms with van der Waals surface area (Å²) < 4.78 is 1.67. The third-order valence-electron chi connectivity index (χ3n) is 5.13. The fourth-order valence-electron chi connectivity index (χ4n) is 3.30. The number of fused-ring (bicyclic) bond motifs is 1. The van der Waals surface area contributed by atoms with Crippen LogP contribution >= 0.6 is 11.3 Å². The number of aryl methyl sites for hydroxylation is 3. The van der Waals surface area contributed by atoms with Gasteiger partial charge in [0.1, 0.15) is 23.3 Å². The van der Waals surface area contributed by atoms with Gasteiger partial charge in [0.2, 0.25) is 5.91 Å². The van der Waals surface area contributed by atoms with Crippen LogP contribution in [0, 0.1) is 13.8 Å². The Kier molecular flexibility index (Phi) is 5.45. The largest absolute Gasteiger partial charge is 0.350 e. The van der Waals surface area contributed by atoms with Crippen LogP contribution in [0.5, 0.6) is 0 Å². The predicted octanol–water partition coefficient (Wildman–Crippen LogP) is 2.99. The Morgan fingerprint density at radius 1 is 1.27 bits per heavy atom. The molecule has 2 N–H and O–H groups in total. The van der Waals surface area contributed by atoms with Gasteiger partial charge in [0.25, 0.3) is 5.56 Å². The van der Waals surface area contributed by atoms with E-state index in [0.29, 0.717) is 17.6 Å². The molecule has 0 bridgehead atoms. The van der Waals surface area contributed by atoms with Gasteiger partial charge in [-0.15, -0.1) is 11.3 Å². The van der Waals surface area contributed by atoms with Crippen molar-refractivity contribution >= 4 is 27.5 Å². The van der Waals surface area contributed by atoms with Crippen molar-refractivity contribution in [2.75, 3.05) is 0 Å². The van der Waals surface area contributed by atoms with Crippen LogP contribution in [-0.2, 0) is 11.2 Å². The van der Waals surface area contributed by atoms with Crippen molar-refractivity contribution in [3.8, 4) is 5.69 Å². The zero-order valence-electron chi connectivity index (χ0n) is 17.0. The van der Waals surface area contributed by atoms with E-state index in [1.165, 1.54) is 17.7 Å². The molecule has 0 fully saturated rings. The van der Waals surface area contributed by atoms with E-state index in [0.717, 1.165) is 26.5 Å². The molecule has 0 saturated carbocycles. The Morgan fingerprint density at radius 3 is 2.73 bits per heavy atom. The molecule has 154 valence electrons. The molecule has 8 nitrogen and oxygen atoms in total. The van der Waals surface area contributed by atoms with Crippen LogP contribution in [0.2, 0.25) is 0 Å². The smallest absolute Gasteiger partial charge is 0.259 e. The molecule has 0 aliphatic carbocycles. The van der Waals surface area contributed by atoms with E-state index in [9.17, 15) is 9.59 Å². The molecule has 3 heterocycles. The second-order valence-corrected chi connectivity index (χ2v) is 8.40. The Bertz CT molecular complexity index is 1240. The van der Waals surface area contributed by atoms with Crippen molar-refractivity contribution in [1.29, 1.82) is 0 Å². The summed E-state index contributed by atoms with van der Waals surface area (Å²) in [6, 6.07) is 7.63. The molecule has 30 heavy (non-hydrogen) atoms. The quantitative estimate of drug-likeness (QED) is 0.497. The lowest BCUT2D eigenvalue weighted by atomic mass is 10.1. The van der Waals surface area contributed by atoms with Crippen molar-refractivity contribution in [3.63, 3.8) is 0 Å². The minimum atomic E-state index is -0.141. The van der Waals surface area contributed by atoms with E-state index in [1.807, 2.05) is 45.0 Å². The van der Waals surface area contributed by atoms with Crippen LogP contribution in [0.25, 0.3) is 15.9 Å². The van der Waals surface area contributed by atoms with E-state index in [-0.39, 0.29) is 23.9 Å². The summed E-state index contributed by atoms with van der Waals surface area (Å²) in [5.41, 5.74) is 2.72. The number of H-pyrrole nitrogens is 1. The SMILES string of the molecule is Cc1sc2nc(CCC(=O)NC(C)c3ccc(-n4cncn4)cc3)[nH]c(=O)c2c1C. The Labute approximate surface area is 177 Å².